The van der Waals surface area contributed by atoms with E-state index in [2.05, 4.69) is 10.6 Å². The van der Waals surface area contributed by atoms with Gasteiger partial charge in [0, 0.05) is 18.9 Å². The van der Waals surface area contributed by atoms with Crippen LogP contribution in [0.4, 0.5) is 0 Å². The molecule has 2 rings (SSSR count). The van der Waals surface area contributed by atoms with Crippen molar-refractivity contribution in [2.75, 3.05) is 12.0 Å². The molecule has 176 valence electrons. The molecule has 0 aromatic heterocycles. The number of thioether (sulfide) groups is 1. The van der Waals surface area contributed by atoms with Gasteiger partial charge in [0.05, 0.1) is 6.04 Å². The van der Waals surface area contributed by atoms with E-state index < -0.39 is 18.1 Å². The third-order valence-corrected chi connectivity index (χ3v) is 6.37. The Hall–Kier alpha value is -2.35. The van der Waals surface area contributed by atoms with Gasteiger partial charge >= 0.3 is 0 Å². The van der Waals surface area contributed by atoms with E-state index in [9.17, 15) is 19.2 Å². The van der Waals surface area contributed by atoms with Crippen LogP contribution in [-0.4, -0.2) is 64.6 Å². The summed E-state index contributed by atoms with van der Waals surface area (Å²) in [5.74, 6) is -0.389. The van der Waals surface area contributed by atoms with Crippen molar-refractivity contribution in [1.82, 2.24) is 15.5 Å². The monoisotopic (exact) mass is 461 g/mol. The van der Waals surface area contributed by atoms with Crippen LogP contribution in [0.2, 0.25) is 0 Å². The molecule has 4 atom stereocenters. The lowest BCUT2D eigenvalue weighted by atomic mass is 9.94. The Morgan fingerprint density at radius 1 is 1.19 bits per heavy atom. The first-order valence-corrected chi connectivity index (χ1v) is 12.5. The number of carbonyl (C=O) groups excluding carboxylic acids is 4. The highest BCUT2D eigenvalue weighted by atomic mass is 32.2. The predicted octanol–water partition coefficient (Wildman–Crippen LogP) is 2.19. The highest BCUT2D eigenvalue weighted by molar-refractivity contribution is 7.98. The van der Waals surface area contributed by atoms with Crippen LogP contribution in [0.1, 0.15) is 46.1 Å². The number of hydrogen-bond donors (Lipinski definition) is 2. The van der Waals surface area contributed by atoms with Crippen LogP contribution >= 0.6 is 11.8 Å². The Bertz CT molecular complexity index is 815. The number of benzene rings is 1. The Labute approximate surface area is 195 Å². The van der Waals surface area contributed by atoms with Gasteiger partial charge in [0.25, 0.3) is 0 Å². The van der Waals surface area contributed by atoms with Gasteiger partial charge in [-0.25, -0.2) is 0 Å². The number of ketones is 1. The van der Waals surface area contributed by atoms with E-state index in [-0.39, 0.29) is 35.5 Å². The van der Waals surface area contributed by atoms with Gasteiger partial charge in [-0.05, 0) is 43.8 Å². The Morgan fingerprint density at radius 2 is 1.84 bits per heavy atom. The topological polar surface area (TPSA) is 95.6 Å². The van der Waals surface area contributed by atoms with Gasteiger partial charge in [-0.3, -0.25) is 19.2 Å². The minimum atomic E-state index is -0.707. The van der Waals surface area contributed by atoms with Gasteiger partial charge in [-0.2, -0.15) is 11.8 Å². The molecule has 1 saturated heterocycles. The van der Waals surface area contributed by atoms with E-state index in [4.69, 9.17) is 0 Å². The highest BCUT2D eigenvalue weighted by Gasteiger charge is 2.44. The van der Waals surface area contributed by atoms with Crippen molar-refractivity contribution in [3.05, 3.63) is 35.9 Å². The lowest BCUT2D eigenvalue weighted by molar-refractivity contribution is -0.141. The second-order valence-electron chi connectivity index (χ2n) is 8.69. The largest absolute Gasteiger partial charge is 0.345 e. The number of nitrogens with one attached hydrogen (secondary N) is 2. The number of Topliss-reactive ketones (excluding diaryl/α,β-unsaturated/α-hetero) is 1. The molecular formula is C24H35N3O4S. The molecule has 2 N–H and O–H groups in total. The summed E-state index contributed by atoms with van der Waals surface area (Å²) >= 11 is 1.59. The minimum Gasteiger partial charge on any atom is -0.345 e. The van der Waals surface area contributed by atoms with Gasteiger partial charge < -0.3 is 15.5 Å². The maximum atomic E-state index is 13.3. The molecule has 4 unspecified atom stereocenters. The number of likely N-dealkylation sites (tertiary alicyclic amines) is 1. The van der Waals surface area contributed by atoms with Crippen LogP contribution in [-0.2, 0) is 25.6 Å². The Morgan fingerprint density at radius 3 is 2.41 bits per heavy atom. The smallest absolute Gasteiger partial charge is 0.246 e. The fourth-order valence-corrected chi connectivity index (χ4v) is 4.59. The molecule has 0 bridgehead atoms. The molecule has 1 fully saturated rings. The molecule has 1 aromatic carbocycles. The van der Waals surface area contributed by atoms with Gasteiger partial charge in [0.2, 0.25) is 17.7 Å². The third-order valence-electron chi connectivity index (χ3n) is 5.73. The molecule has 7 nitrogen and oxygen atoms in total. The number of nitrogens with zero attached hydrogens (tertiary/aromatic N) is 1. The van der Waals surface area contributed by atoms with E-state index in [0.717, 1.165) is 5.56 Å². The maximum Gasteiger partial charge on any atom is 0.246 e. The number of rotatable bonds is 11. The number of amides is 3. The number of hydrogen-bond acceptors (Lipinski definition) is 5. The Kier molecular flexibility index (Phi) is 9.75. The second-order valence-corrected chi connectivity index (χ2v) is 9.67. The zero-order valence-corrected chi connectivity index (χ0v) is 20.4. The predicted molar refractivity (Wildman–Crippen MR) is 127 cm³/mol. The van der Waals surface area contributed by atoms with E-state index in [1.54, 1.807) is 16.7 Å². The summed E-state index contributed by atoms with van der Waals surface area (Å²) in [4.78, 5) is 52.4. The summed E-state index contributed by atoms with van der Waals surface area (Å²) in [6.45, 7) is 6.97. The molecule has 0 saturated carbocycles. The number of carbonyl (C=O) groups is 4. The third kappa shape index (κ3) is 6.82. The van der Waals surface area contributed by atoms with Crippen LogP contribution in [0.15, 0.2) is 30.3 Å². The summed E-state index contributed by atoms with van der Waals surface area (Å²) in [6.07, 6.45) is 3.28. The summed E-state index contributed by atoms with van der Waals surface area (Å²) in [6, 6.07) is 7.50. The van der Waals surface area contributed by atoms with E-state index >= 15 is 0 Å². The van der Waals surface area contributed by atoms with Crippen LogP contribution in [0, 0.1) is 5.92 Å². The van der Waals surface area contributed by atoms with Crippen molar-refractivity contribution >= 4 is 35.3 Å². The minimum absolute atomic E-state index is 0.0112. The zero-order chi connectivity index (χ0) is 23.8. The first-order valence-electron chi connectivity index (χ1n) is 11.1. The highest BCUT2D eigenvalue weighted by Crippen LogP contribution is 2.26. The van der Waals surface area contributed by atoms with E-state index in [1.807, 2.05) is 57.4 Å². The molecular weight excluding hydrogens is 426 g/mol. The average Bonchev–Trinajstić information content (AvgIpc) is 3.02. The van der Waals surface area contributed by atoms with Gasteiger partial charge in [0.15, 0.2) is 5.78 Å². The fourth-order valence-electron chi connectivity index (χ4n) is 4.11. The van der Waals surface area contributed by atoms with Crippen molar-refractivity contribution in [2.45, 2.75) is 71.1 Å². The molecule has 0 spiro atoms. The summed E-state index contributed by atoms with van der Waals surface area (Å²) < 4.78 is 0. The Balaban J connectivity index is 2.19. The van der Waals surface area contributed by atoms with Crippen molar-refractivity contribution in [1.29, 1.82) is 0 Å². The molecule has 8 heteroatoms. The lowest BCUT2D eigenvalue weighted by Crippen LogP contribution is -2.53. The van der Waals surface area contributed by atoms with Crippen LogP contribution in [0.3, 0.4) is 0 Å². The van der Waals surface area contributed by atoms with Crippen molar-refractivity contribution in [3.8, 4) is 0 Å². The van der Waals surface area contributed by atoms with Crippen LogP contribution < -0.4 is 10.6 Å². The van der Waals surface area contributed by atoms with Gasteiger partial charge in [-0.1, -0.05) is 44.2 Å². The lowest BCUT2D eigenvalue weighted by Gasteiger charge is -2.32. The molecule has 0 radical (unpaired) electrons. The van der Waals surface area contributed by atoms with E-state index in [0.29, 0.717) is 25.0 Å². The normalized spacial score (nSPS) is 20.2. The molecule has 3 amide bonds. The molecule has 1 aromatic rings. The quantitative estimate of drug-likeness (QED) is 0.527. The molecule has 1 aliphatic rings. The molecule has 32 heavy (non-hydrogen) atoms. The van der Waals surface area contributed by atoms with Crippen LogP contribution in [0.25, 0.3) is 0 Å². The van der Waals surface area contributed by atoms with E-state index in [1.165, 1.54) is 6.92 Å². The first kappa shape index (κ1) is 25.9. The first-order chi connectivity index (χ1) is 15.1. The summed E-state index contributed by atoms with van der Waals surface area (Å²) in [5.41, 5.74) is 0.988. The maximum absolute atomic E-state index is 13.3. The molecule has 1 heterocycles. The molecule has 1 aliphatic heterocycles. The van der Waals surface area contributed by atoms with Crippen molar-refractivity contribution in [3.63, 3.8) is 0 Å². The SMILES string of the molecule is CSCCC(NC(C)=O)C(=O)NC1CC(C)N(C(Cc2ccccc2)C(=O)C(C)C)C1=O. The standard InChI is InChI=1S/C24H35N3O4S/c1-15(2)22(29)21(14-18-9-7-6-8-10-18)27-16(3)13-20(24(27)31)26-23(30)19(11-12-32-5)25-17(4)28/h6-10,15-16,19-21H,11-14H2,1-5H3,(H,25,28)(H,26,30). The summed E-state index contributed by atoms with van der Waals surface area (Å²) in [7, 11) is 0. The zero-order valence-electron chi connectivity index (χ0n) is 19.6. The summed E-state index contributed by atoms with van der Waals surface area (Å²) in [5, 5.41) is 5.50. The van der Waals surface area contributed by atoms with Crippen molar-refractivity contribution in [2.24, 2.45) is 5.92 Å². The fraction of sp³-hybridized carbons (Fsp3) is 0.583. The van der Waals surface area contributed by atoms with Crippen LogP contribution in [0.5, 0.6) is 0 Å². The van der Waals surface area contributed by atoms with Gasteiger partial charge in [-0.15, -0.1) is 0 Å². The van der Waals surface area contributed by atoms with Gasteiger partial charge in [0.1, 0.15) is 12.1 Å². The van der Waals surface area contributed by atoms with Crippen molar-refractivity contribution < 1.29 is 19.2 Å². The molecule has 0 aliphatic carbocycles. The average molecular weight is 462 g/mol. The second kappa shape index (κ2) is 12.0.